The Morgan fingerprint density at radius 2 is 1.73 bits per heavy atom. The smallest absolute Gasteiger partial charge is 0.319 e. The predicted octanol–water partition coefficient (Wildman–Crippen LogP) is 4.48. The maximum atomic E-state index is 13.8. The number of carbonyl (C=O) groups is 3. The second-order valence-electron chi connectivity index (χ2n) is 13.5. The van der Waals surface area contributed by atoms with Crippen LogP contribution in [0.2, 0.25) is 0 Å². The number of para-hydroxylation sites is 1. The monoisotopic (exact) mass is 621 g/mol. The van der Waals surface area contributed by atoms with Crippen LogP contribution < -0.4 is 24.6 Å². The van der Waals surface area contributed by atoms with E-state index in [2.05, 4.69) is 21.2 Å². The lowest BCUT2D eigenvalue weighted by molar-refractivity contribution is -0.134. The Hall–Kier alpha value is -4.02. The molecule has 4 amide bonds. The Morgan fingerprint density at radius 1 is 1.02 bits per heavy atom. The first kappa shape index (κ1) is 31.0. The van der Waals surface area contributed by atoms with Crippen molar-refractivity contribution >= 4 is 29.2 Å². The summed E-state index contributed by atoms with van der Waals surface area (Å²) in [5.74, 6) is 0.520. The SMILES string of the molecule is Cc1cc(F)cc(OC2CCN(C(=O)N(C)C3CCN(c4cccc5c4OC(C)(C)CN5C4CCC(=O)NC4=O)CC3)CC2)c1. The Bertz CT molecular complexity index is 1430. The summed E-state index contributed by atoms with van der Waals surface area (Å²) in [5, 5.41) is 2.50. The van der Waals surface area contributed by atoms with Gasteiger partial charge in [0.25, 0.3) is 0 Å². The topological polar surface area (TPSA) is 94.7 Å². The van der Waals surface area contributed by atoms with Gasteiger partial charge in [0.1, 0.15) is 29.3 Å². The zero-order chi connectivity index (χ0) is 31.9. The van der Waals surface area contributed by atoms with Gasteiger partial charge in [-0.3, -0.25) is 14.9 Å². The molecule has 3 fully saturated rings. The van der Waals surface area contributed by atoms with Gasteiger partial charge in [-0.2, -0.15) is 0 Å². The van der Waals surface area contributed by atoms with Crippen molar-refractivity contribution < 1.29 is 28.2 Å². The maximum absolute atomic E-state index is 13.8. The van der Waals surface area contributed by atoms with E-state index in [9.17, 15) is 18.8 Å². The van der Waals surface area contributed by atoms with Gasteiger partial charge < -0.3 is 29.1 Å². The third kappa shape index (κ3) is 6.67. The van der Waals surface area contributed by atoms with E-state index in [1.807, 2.05) is 55.8 Å². The van der Waals surface area contributed by atoms with E-state index >= 15 is 0 Å². The number of likely N-dealkylation sites (tertiary alicyclic amines) is 1. The van der Waals surface area contributed by atoms with Gasteiger partial charge in [0.05, 0.1) is 17.9 Å². The van der Waals surface area contributed by atoms with Gasteiger partial charge in [0.2, 0.25) is 11.8 Å². The van der Waals surface area contributed by atoms with Crippen LogP contribution in [0.1, 0.15) is 57.9 Å². The second-order valence-corrected chi connectivity index (χ2v) is 13.5. The maximum Gasteiger partial charge on any atom is 0.319 e. The number of imide groups is 1. The summed E-state index contributed by atoms with van der Waals surface area (Å²) in [6.45, 7) is 9.18. The number of fused-ring (bicyclic) bond motifs is 1. The van der Waals surface area contributed by atoms with Crippen LogP contribution in [-0.2, 0) is 9.59 Å². The van der Waals surface area contributed by atoms with Crippen molar-refractivity contribution in [1.82, 2.24) is 15.1 Å². The van der Waals surface area contributed by atoms with Crippen molar-refractivity contribution in [2.24, 2.45) is 0 Å². The van der Waals surface area contributed by atoms with Crippen LogP contribution in [-0.4, -0.2) is 91.2 Å². The number of carbonyl (C=O) groups excluding carboxylic acids is 3. The average molecular weight is 622 g/mol. The van der Waals surface area contributed by atoms with Crippen LogP contribution in [0.15, 0.2) is 36.4 Å². The van der Waals surface area contributed by atoms with Gasteiger partial charge in [-0.25, -0.2) is 9.18 Å². The summed E-state index contributed by atoms with van der Waals surface area (Å²) in [7, 11) is 1.90. The number of aryl methyl sites for hydroxylation is 1. The highest BCUT2D eigenvalue weighted by molar-refractivity contribution is 6.02. The zero-order valence-corrected chi connectivity index (χ0v) is 26.7. The van der Waals surface area contributed by atoms with Crippen LogP contribution in [0.4, 0.5) is 20.6 Å². The summed E-state index contributed by atoms with van der Waals surface area (Å²) in [6, 6.07) is 10.5. The average Bonchev–Trinajstić information content (AvgIpc) is 2.99. The molecule has 45 heavy (non-hydrogen) atoms. The molecule has 11 heteroatoms. The number of nitrogens with one attached hydrogen (secondary N) is 1. The Balaban J connectivity index is 1.06. The summed E-state index contributed by atoms with van der Waals surface area (Å²) < 4.78 is 26.4. The molecule has 1 N–H and O–H groups in total. The first-order valence-electron chi connectivity index (χ1n) is 16.1. The van der Waals surface area contributed by atoms with E-state index in [-0.39, 0.29) is 35.8 Å². The van der Waals surface area contributed by atoms with Gasteiger partial charge in [-0.05, 0) is 69.9 Å². The van der Waals surface area contributed by atoms with Crippen molar-refractivity contribution in [2.75, 3.05) is 49.6 Å². The molecule has 0 spiro atoms. The molecule has 3 saturated heterocycles. The lowest BCUT2D eigenvalue weighted by Gasteiger charge is -2.46. The summed E-state index contributed by atoms with van der Waals surface area (Å²) in [4.78, 5) is 46.3. The highest BCUT2D eigenvalue weighted by Gasteiger charge is 2.41. The molecule has 2 aromatic rings. The summed E-state index contributed by atoms with van der Waals surface area (Å²) in [5.41, 5.74) is 2.16. The number of rotatable bonds is 5. The number of nitrogens with zero attached hydrogens (tertiary/aromatic N) is 4. The molecule has 2 aromatic carbocycles. The molecule has 1 unspecified atom stereocenters. The van der Waals surface area contributed by atoms with Crippen LogP contribution in [0.25, 0.3) is 0 Å². The van der Waals surface area contributed by atoms with Crippen LogP contribution in [0, 0.1) is 12.7 Å². The number of hydrogen-bond acceptors (Lipinski definition) is 7. The number of halogens is 1. The minimum atomic E-state index is -0.523. The van der Waals surface area contributed by atoms with Crippen LogP contribution in [0.3, 0.4) is 0 Å². The van der Waals surface area contributed by atoms with Crippen LogP contribution in [0.5, 0.6) is 11.5 Å². The minimum absolute atomic E-state index is 0.0376. The Labute approximate surface area is 264 Å². The van der Waals surface area contributed by atoms with Crippen LogP contribution >= 0.6 is 0 Å². The van der Waals surface area contributed by atoms with E-state index in [4.69, 9.17) is 9.47 Å². The molecule has 1 atom stereocenters. The minimum Gasteiger partial charge on any atom is -0.490 e. The Kier molecular flexibility index (Phi) is 8.54. The normalized spacial score (nSPS) is 22.4. The predicted molar refractivity (Wildman–Crippen MR) is 169 cm³/mol. The molecule has 10 nitrogen and oxygen atoms in total. The summed E-state index contributed by atoms with van der Waals surface area (Å²) in [6.07, 6.45) is 3.82. The third-order valence-corrected chi connectivity index (χ3v) is 9.48. The first-order valence-corrected chi connectivity index (χ1v) is 16.1. The van der Waals surface area contributed by atoms with Crippen molar-refractivity contribution in [1.29, 1.82) is 0 Å². The number of benzene rings is 2. The molecule has 0 radical (unpaired) electrons. The van der Waals surface area contributed by atoms with Gasteiger partial charge >= 0.3 is 6.03 Å². The van der Waals surface area contributed by atoms with Crippen molar-refractivity contribution in [3.05, 3.63) is 47.8 Å². The molecule has 0 saturated carbocycles. The molecule has 4 heterocycles. The highest BCUT2D eigenvalue weighted by atomic mass is 19.1. The molecule has 4 aliphatic rings. The Morgan fingerprint density at radius 3 is 2.42 bits per heavy atom. The number of urea groups is 1. The van der Waals surface area contributed by atoms with Gasteiger partial charge in [0, 0.05) is 64.6 Å². The number of anilines is 2. The van der Waals surface area contributed by atoms with Gasteiger partial charge in [0.15, 0.2) is 5.75 Å². The van der Waals surface area contributed by atoms with Crippen molar-refractivity contribution in [3.8, 4) is 11.5 Å². The molecule has 0 aromatic heterocycles. The van der Waals surface area contributed by atoms with E-state index in [0.29, 0.717) is 51.1 Å². The number of amides is 4. The van der Waals surface area contributed by atoms with Crippen molar-refractivity contribution in [2.45, 2.75) is 83.1 Å². The number of piperidine rings is 3. The van der Waals surface area contributed by atoms with Gasteiger partial charge in [-0.1, -0.05) is 6.07 Å². The molecule has 6 rings (SSSR count). The second kappa shape index (κ2) is 12.4. The quantitative estimate of drug-likeness (QED) is 0.492. The highest BCUT2D eigenvalue weighted by Crippen LogP contribution is 2.46. The molecule has 4 aliphatic heterocycles. The molecule has 0 bridgehead atoms. The fourth-order valence-electron chi connectivity index (χ4n) is 7.16. The first-order chi connectivity index (χ1) is 21.5. The fraction of sp³-hybridized carbons (Fsp3) is 0.559. The molecule has 242 valence electrons. The van der Waals surface area contributed by atoms with E-state index in [1.54, 1.807) is 0 Å². The lowest BCUT2D eigenvalue weighted by atomic mass is 9.97. The van der Waals surface area contributed by atoms with E-state index < -0.39 is 11.6 Å². The fourth-order valence-corrected chi connectivity index (χ4v) is 7.16. The molecular weight excluding hydrogens is 577 g/mol. The largest absolute Gasteiger partial charge is 0.490 e. The van der Waals surface area contributed by atoms with Gasteiger partial charge in [-0.15, -0.1) is 0 Å². The molecular formula is C34H44FN5O5. The van der Waals surface area contributed by atoms with E-state index in [0.717, 1.165) is 48.6 Å². The zero-order valence-electron chi connectivity index (χ0n) is 26.7. The van der Waals surface area contributed by atoms with E-state index in [1.165, 1.54) is 12.1 Å². The summed E-state index contributed by atoms with van der Waals surface area (Å²) >= 11 is 0. The molecule has 0 aliphatic carbocycles. The number of ether oxygens (including phenoxy) is 2. The third-order valence-electron chi connectivity index (χ3n) is 9.48. The standard InChI is InChI=1S/C34H44FN5O5/c1-22-18-23(35)20-26(19-22)44-25-12-16-39(17-13-25)33(43)37(4)24-10-14-38(15-11-24)27-6-5-7-28-31(27)45-34(2,3)21-40(28)29-8-9-30(41)36-32(29)42/h5-7,18-20,24-25,29H,8-17,21H2,1-4H3,(H,36,41,42). The van der Waals surface area contributed by atoms with Crippen molar-refractivity contribution in [3.63, 3.8) is 0 Å². The lowest BCUT2D eigenvalue weighted by Crippen LogP contribution is -2.58. The number of hydrogen-bond donors (Lipinski definition) is 1.